The summed E-state index contributed by atoms with van der Waals surface area (Å²) in [6.45, 7) is 18.0. The molecular formula is C37H65NO12. The Morgan fingerprint density at radius 1 is 0.960 bits per heavy atom. The van der Waals surface area contributed by atoms with E-state index >= 15 is 0 Å². The van der Waals surface area contributed by atoms with E-state index in [1.54, 1.807) is 34.6 Å². The third-order valence-corrected chi connectivity index (χ3v) is 12.0. The Kier molecular flexibility index (Phi) is 12.8. The maximum atomic E-state index is 14.1. The van der Waals surface area contributed by atoms with Crippen molar-refractivity contribution in [2.45, 2.75) is 179 Å². The number of ether oxygens (including phenoxy) is 7. The molecule has 3 fully saturated rings. The molecule has 3 saturated heterocycles. The second-order valence-corrected chi connectivity index (χ2v) is 16.3. The fraction of sp³-hybridized carbons (Fsp3) is 0.919. The highest BCUT2D eigenvalue weighted by Crippen LogP contribution is 2.47. The van der Waals surface area contributed by atoms with Crippen molar-refractivity contribution in [2.75, 3.05) is 21.2 Å². The number of nitrogens with zero attached hydrogens (tertiary/aromatic N) is 1. The molecule has 0 radical (unpaired) electrons. The van der Waals surface area contributed by atoms with Gasteiger partial charge in [0, 0.05) is 37.8 Å². The third kappa shape index (κ3) is 7.93. The summed E-state index contributed by atoms with van der Waals surface area (Å²) in [6.07, 6.45) is -7.39. The largest absolute Gasteiger partial charge is 0.489 e. The molecule has 50 heavy (non-hydrogen) atoms. The Labute approximate surface area is 298 Å². The highest BCUT2D eigenvalue weighted by molar-refractivity contribution is 5.73. The number of fused-ring (bicyclic) bond motifs is 2. The Morgan fingerprint density at radius 2 is 1.60 bits per heavy atom. The fourth-order valence-corrected chi connectivity index (χ4v) is 8.73. The van der Waals surface area contributed by atoms with Crippen LogP contribution in [0.3, 0.4) is 0 Å². The zero-order valence-corrected chi connectivity index (χ0v) is 32.4. The van der Waals surface area contributed by atoms with Crippen molar-refractivity contribution in [2.24, 2.45) is 17.8 Å². The molecule has 2 bridgehead atoms. The first-order chi connectivity index (χ1) is 23.1. The van der Waals surface area contributed by atoms with Crippen LogP contribution >= 0.6 is 0 Å². The number of aliphatic hydroxyl groups is 4. The standard InChI is InChI=1S/C37H65NO12/c1-14-25-37(10,43)30(40)20(4)28-18(2)16-36(9,50-28)32(49-34-27(39)24(38(11)12)15-19(3)45-34)21(5)29(22(6)33(42)47-25)48-26-17-35(8,44-13)31(41)23(7)46-26/h19-27,29-32,34,39-41,43H,14-17H2,1-13H3/t19?,20-,21-,22+,23?,24?,25+,26?,27?,29-,30+,31?,32+,34?,35?,36+,37+/m0/s1. The molecule has 0 aliphatic carbocycles. The summed E-state index contributed by atoms with van der Waals surface area (Å²) in [5, 5.41) is 45.9. The number of rotatable bonds is 7. The molecule has 4 heterocycles. The van der Waals surface area contributed by atoms with Gasteiger partial charge in [-0.05, 0) is 81.0 Å². The van der Waals surface area contributed by atoms with Crippen molar-refractivity contribution in [3.63, 3.8) is 0 Å². The molecule has 0 spiro atoms. The summed E-state index contributed by atoms with van der Waals surface area (Å²) >= 11 is 0. The molecule has 0 aromatic carbocycles. The predicted molar refractivity (Wildman–Crippen MR) is 184 cm³/mol. The fourth-order valence-electron chi connectivity index (χ4n) is 8.73. The number of hydrogen-bond acceptors (Lipinski definition) is 13. The summed E-state index contributed by atoms with van der Waals surface area (Å²) in [7, 11) is 5.34. The first-order valence-electron chi connectivity index (χ1n) is 18.3. The summed E-state index contributed by atoms with van der Waals surface area (Å²) in [5.74, 6) is -2.31. The lowest BCUT2D eigenvalue weighted by molar-refractivity contribution is -0.316. The summed E-state index contributed by atoms with van der Waals surface area (Å²) in [4.78, 5) is 16.1. The van der Waals surface area contributed by atoms with Crippen molar-refractivity contribution in [1.82, 2.24) is 4.90 Å². The van der Waals surface area contributed by atoms with Crippen LogP contribution < -0.4 is 0 Å². The minimum absolute atomic E-state index is 0.173. The Balaban J connectivity index is 1.84. The van der Waals surface area contributed by atoms with Crippen LogP contribution in [0.25, 0.3) is 0 Å². The smallest absolute Gasteiger partial charge is 0.311 e. The van der Waals surface area contributed by atoms with Crippen LogP contribution in [0.4, 0.5) is 0 Å². The van der Waals surface area contributed by atoms with Crippen molar-refractivity contribution >= 4 is 5.97 Å². The zero-order chi connectivity index (χ0) is 37.7. The Hall–Kier alpha value is -1.39. The van der Waals surface area contributed by atoms with Gasteiger partial charge in [-0.15, -0.1) is 0 Å². The molecule has 4 N–H and O–H groups in total. The van der Waals surface area contributed by atoms with Crippen molar-refractivity contribution in [1.29, 1.82) is 0 Å². The van der Waals surface area contributed by atoms with E-state index in [0.717, 1.165) is 5.57 Å². The number of aliphatic hydroxyl groups excluding tert-OH is 3. The van der Waals surface area contributed by atoms with Crippen LogP contribution in [0.1, 0.15) is 94.9 Å². The summed E-state index contributed by atoms with van der Waals surface area (Å²) < 4.78 is 44.6. The third-order valence-electron chi connectivity index (χ3n) is 12.0. The van der Waals surface area contributed by atoms with Gasteiger partial charge in [-0.25, -0.2) is 0 Å². The van der Waals surface area contributed by atoms with Gasteiger partial charge >= 0.3 is 5.97 Å². The molecular weight excluding hydrogens is 650 g/mol. The van der Waals surface area contributed by atoms with Crippen molar-refractivity contribution in [3.8, 4) is 0 Å². The number of cyclic esters (lactones) is 1. The molecule has 4 rings (SSSR count). The number of carbonyl (C=O) groups is 1. The predicted octanol–water partition coefficient (Wildman–Crippen LogP) is 2.89. The second kappa shape index (κ2) is 15.5. The van der Waals surface area contributed by atoms with Crippen LogP contribution in [0.15, 0.2) is 11.3 Å². The first-order valence-corrected chi connectivity index (χ1v) is 18.3. The van der Waals surface area contributed by atoms with Crippen molar-refractivity contribution in [3.05, 3.63) is 11.3 Å². The van der Waals surface area contributed by atoms with Gasteiger partial charge in [0.1, 0.15) is 41.4 Å². The van der Waals surface area contributed by atoms with E-state index in [1.807, 2.05) is 46.7 Å². The molecule has 8 unspecified atom stereocenters. The lowest BCUT2D eigenvalue weighted by atomic mass is 9.78. The number of hydrogen-bond donors (Lipinski definition) is 4. The number of methoxy groups -OCH3 is 1. The highest BCUT2D eigenvalue weighted by atomic mass is 16.7. The minimum Gasteiger partial charge on any atom is -0.489 e. The van der Waals surface area contributed by atoms with Gasteiger partial charge in [0.05, 0.1) is 35.9 Å². The zero-order valence-electron chi connectivity index (χ0n) is 32.4. The van der Waals surface area contributed by atoms with Crippen LogP contribution in [0.5, 0.6) is 0 Å². The maximum absolute atomic E-state index is 14.1. The van der Waals surface area contributed by atoms with Gasteiger partial charge in [0.2, 0.25) is 0 Å². The number of likely N-dealkylation sites (N-methyl/N-ethyl adjacent to an activating group) is 1. The Morgan fingerprint density at radius 3 is 2.18 bits per heavy atom. The van der Waals surface area contributed by atoms with Crippen LogP contribution in [-0.2, 0) is 38.0 Å². The molecule has 4 aliphatic heterocycles. The van der Waals surface area contributed by atoms with E-state index in [0.29, 0.717) is 18.6 Å². The van der Waals surface area contributed by atoms with Gasteiger partial charge in [0.15, 0.2) is 12.6 Å². The second-order valence-electron chi connectivity index (χ2n) is 16.3. The molecule has 0 amide bonds. The minimum atomic E-state index is -1.82. The first kappa shape index (κ1) is 41.4. The molecule has 13 nitrogen and oxygen atoms in total. The summed E-state index contributed by atoms with van der Waals surface area (Å²) in [6, 6.07) is -0.235. The van der Waals surface area contributed by atoms with Crippen LogP contribution in [-0.4, -0.2) is 137 Å². The SMILES string of the molecule is CC[C@H]1OC(=O)[C@H](C)[C@@H](OC2CC(C)(OC)C(O)C(C)O2)[C@H](C)[C@@H](OC2OC(C)CC(N(C)C)C2O)[C@@]2(C)CC(C)=C(O2)[C@H](C)[C@@H](O)[C@]1(C)O. The molecule has 290 valence electrons. The van der Waals surface area contributed by atoms with Crippen LogP contribution in [0.2, 0.25) is 0 Å². The molecule has 17 atom stereocenters. The topological polar surface area (TPSA) is 166 Å². The van der Waals surface area contributed by atoms with Gasteiger partial charge < -0.3 is 58.5 Å². The molecule has 0 aromatic rings. The molecule has 0 aromatic heterocycles. The van der Waals surface area contributed by atoms with E-state index in [9.17, 15) is 25.2 Å². The van der Waals surface area contributed by atoms with Crippen molar-refractivity contribution < 1.29 is 58.4 Å². The van der Waals surface area contributed by atoms with Crippen LogP contribution in [0, 0.1) is 17.8 Å². The molecule has 13 heteroatoms. The monoisotopic (exact) mass is 715 g/mol. The lowest BCUT2D eigenvalue weighted by Crippen LogP contribution is -2.60. The maximum Gasteiger partial charge on any atom is 0.311 e. The summed E-state index contributed by atoms with van der Waals surface area (Å²) in [5.41, 5.74) is -3.00. The van der Waals surface area contributed by atoms with E-state index in [-0.39, 0.29) is 25.0 Å². The normalized spacial score (nSPS) is 49.5. The Bertz CT molecular complexity index is 1210. The average molecular weight is 716 g/mol. The lowest BCUT2D eigenvalue weighted by Gasteiger charge is -2.48. The quantitative estimate of drug-likeness (QED) is 0.285. The number of carbonyl (C=O) groups excluding carboxylic acids is 1. The van der Waals surface area contributed by atoms with E-state index in [1.165, 1.54) is 14.0 Å². The highest BCUT2D eigenvalue weighted by Gasteiger charge is 2.56. The van der Waals surface area contributed by atoms with Gasteiger partial charge in [-0.1, -0.05) is 20.8 Å². The van der Waals surface area contributed by atoms with E-state index in [4.69, 9.17) is 33.2 Å². The number of esters is 1. The van der Waals surface area contributed by atoms with Gasteiger partial charge in [-0.2, -0.15) is 0 Å². The van der Waals surface area contributed by atoms with E-state index in [2.05, 4.69) is 0 Å². The van der Waals surface area contributed by atoms with Gasteiger partial charge in [0.25, 0.3) is 0 Å². The van der Waals surface area contributed by atoms with E-state index < -0.39 is 95.8 Å². The van der Waals surface area contributed by atoms with Gasteiger partial charge in [-0.3, -0.25) is 4.79 Å². The molecule has 4 aliphatic rings. The molecule has 0 saturated carbocycles. The average Bonchev–Trinajstić information content (AvgIpc) is 3.37.